The van der Waals surface area contributed by atoms with Gasteiger partial charge in [-0.2, -0.15) is 0 Å². The Balaban J connectivity index is 2.55. The second-order valence-corrected chi connectivity index (χ2v) is 4.27. The van der Waals surface area contributed by atoms with E-state index in [1.54, 1.807) is 21.1 Å². The van der Waals surface area contributed by atoms with E-state index in [0.29, 0.717) is 5.75 Å². The highest BCUT2D eigenvalue weighted by Gasteiger charge is 2.35. The Morgan fingerprint density at radius 1 is 1.29 bits per heavy atom. The number of hydrogen-bond donors (Lipinski definition) is 1. The molecule has 1 aliphatic rings. The molecule has 17 heavy (non-hydrogen) atoms. The lowest BCUT2D eigenvalue weighted by molar-refractivity contribution is -0.0477. The molecule has 1 aromatic rings. The molecule has 0 fully saturated rings. The van der Waals surface area contributed by atoms with Crippen molar-refractivity contribution in [3.63, 3.8) is 0 Å². The van der Waals surface area contributed by atoms with Crippen LogP contribution in [0.15, 0.2) is 12.1 Å². The zero-order valence-corrected chi connectivity index (χ0v) is 10.6. The molecule has 1 N–H and O–H groups in total. The zero-order chi connectivity index (χ0) is 12.6. The van der Waals surface area contributed by atoms with E-state index in [4.69, 9.17) is 14.2 Å². The Hall–Kier alpha value is -1.26. The normalized spacial score (nSPS) is 24.3. The van der Waals surface area contributed by atoms with Crippen LogP contribution in [-0.4, -0.2) is 25.4 Å². The molecule has 0 radical (unpaired) electrons. The molecule has 0 bridgehead atoms. The van der Waals surface area contributed by atoms with Crippen LogP contribution >= 0.6 is 0 Å². The van der Waals surface area contributed by atoms with Crippen LogP contribution < -0.4 is 9.47 Å². The van der Waals surface area contributed by atoms with Crippen molar-refractivity contribution in [2.24, 2.45) is 0 Å². The first-order valence-corrected chi connectivity index (χ1v) is 5.67. The van der Waals surface area contributed by atoms with Gasteiger partial charge in [0.05, 0.1) is 26.4 Å². The SMILES string of the molecule is COc1cc(OC)c2c(c1)[C@@H]([C@@H](C)O)O[C@@H]2C. The second kappa shape index (κ2) is 4.55. The van der Waals surface area contributed by atoms with Crippen LogP contribution in [0.4, 0.5) is 0 Å². The Morgan fingerprint density at radius 2 is 2.00 bits per heavy atom. The Bertz CT molecular complexity index is 414. The Labute approximate surface area is 101 Å². The van der Waals surface area contributed by atoms with Crippen LogP contribution in [0.1, 0.15) is 37.2 Å². The predicted molar refractivity (Wildman–Crippen MR) is 63.5 cm³/mol. The molecule has 0 amide bonds. The number of hydrogen-bond acceptors (Lipinski definition) is 4. The van der Waals surface area contributed by atoms with Crippen LogP contribution in [0.2, 0.25) is 0 Å². The van der Waals surface area contributed by atoms with Gasteiger partial charge in [-0.3, -0.25) is 0 Å². The first kappa shape index (κ1) is 12.2. The lowest BCUT2D eigenvalue weighted by Crippen LogP contribution is -2.13. The molecule has 0 saturated carbocycles. The molecule has 0 saturated heterocycles. The maximum atomic E-state index is 9.74. The molecule has 1 heterocycles. The van der Waals surface area contributed by atoms with Crippen LogP contribution in [0.5, 0.6) is 11.5 Å². The first-order valence-electron chi connectivity index (χ1n) is 5.67. The van der Waals surface area contributed by atoms with Gasteiger partial charge in [0, 0.05) is 11.6 Å². The van der Waals surface area contributed by atoms with E-state index in [0.717, 1.165) is 16.9 Å². The van der Waals surface area contributed by atoms with Gasteiger partial charge in [-0.05, 0) is 25.5 Å². The van der Waals surface area contributed by atoms with Gasteiger partial charge in [0.1, 0.15) is 17.6 Å². The van der Waals surface area contributed by atoms with Crippen LogP contribution in [0.3, 0.4) is 0 Å². The fourth-order valence-corrected chi connectivity index (χ4v) is 2.31. The highest BCUT2D eigenvalue weighted by molar-refractivity contribution is 5.50. The Morgan fingerprint density at radius 3 is 2.53 bits per heavy atom. The minimum absolute atomic E-state index is 0.0783. The molecular weight excluding hydrogens is 220 g/mol. The van der Waals surface area contributed by atoms with Crippen molar-refractivity contribution in [1.29, 1.82) is 0 Å². The molecule has 0 unspecified atom stereocenters. The van der Waals surface area contributed by atoms with Gasteiger partial charge >= 0.3 is 0 Å². The summed E-state index contributed by atoms with van der Waals surface area (Å²) in [6.45, 7) is 3.68. The van der Waals surface area contributed by atoms with E-state index in [2.05, 4.69) is 0 Å². The van der Waals surface area contributed by atoms with E-state index in [1.165, 1.54) is 0 Å². The van der Waals surface area contributed by atoms with Crippen molar-refractivity contribution in [3.8, 4) is 11.5 Å². The third-order valence-corrected chi connectivity index (χ3v) is 3.11. The number of fused-ring (bicyclic) bond motifs is 1. The Kier molecular flexibility index (Phi) is 3.26. The molecule has 0 aliphatic carbocycles. The van der Waals surface area contributed by atoms with E-state index < -0.39 is 6.10 Å². The number of aliphatic hydroxyl groups is 1. The summed E-state index contributed by atoms with van der Waals surface area (Å²) in [6.07, 6.45) is -0.954. The minimum atomic E-state index is -0.560. The summed E-state index contributed by atoms with van der Waals surface area (Å²) in [5.41, 5.74) is 1.95. The summed E-state index contributed by atoms with van der Waals surface area (Å²) in [6, 6.07) is 3.74. The summed E-state index contributed by atoms with van der Waals surface area (Å²) in [7, 11) is 3.23. The molecule has 94 valence electrons. The van der Waals surface area contributed by atoms with Crippen molar-refractivity contribution in [3.05, 3.63) is 23.3 Å². The average molecular weight is 238 g/mol. The average Bonchev–Trinajstić information content (AvgIpc) is 2.66. The van der Waals surface area contributed by atoms with E-state index in [-0.39, 0.29) is 12.2 Å². The standard InChI is InChI=1S/C13H18O4/c1-7(14)13-10-5-9(15-3)6-11(16-4)12(10)8(2)17-13/h5-8,13-14H,1-4H3/t7-,8-,13-/m1/s1. The monoisotopic (exact) mass is 238 g/mol. The highest BCUT2D eigenvalue weighted by atomic mass is 16.5. The molecule has 4 nitrogen and oxygen atoms in total. The molecule has 1 aliphatic heterocycles. The number of aliphatic hydroxyl groups excluding tert-OH is 1. The topological polar surface area (TPSA) is 47.9 Å². The number of ether oxygens (including phenoxy) is 3. The summed E-state index contributed by atoms with van der Waals surface area (Å²) in [4.78, 5) is 0. The quantitative estimate of drug-likeness (QED) is 0.877. The van der Waals surface area contributed by atoms with Gasteiger partial charge in [-0.15, -0.1) is 0 Å². The third kappa shape index (κ3) is 1.98. The highest BCUT2D eigenvalue weighted by Crippen LogP contribution is 2.46. The number of benzene rings is 1. The van der Waals surface area contributed by atoms with Gasteiger partial charge in [0.2, 0.25) is 0 Å². The maximum Gasteiger partial charge on any atom is 0.128 e. The van der Waals surface area contributed by atoms with Crippen molar-refractivity contribution in [1.82, 2.24) is 0 Å². The summed E-state index contributed by atoms with van der Waals surface area (Å²) in [5.74, 6) is 1.46. The van der Waals surface area contributed by atoms with Gasteiger partial charge in [-0.1, -0.05) is 0 Å². The summed E-state index contributed by atoms with van der Waals surface area (Å²) < 4.78 is 16.3. The van der Waals surface area contributed by atoms with E-state index in [9.17, 15) is 5.11 Å². The van der Waals surface area contributed by atoms with Crippen LogP contribution in [0.25, 0.3) is 0 Å². The molecule has 0 aromatic heterocycles. The smallest absolute Gasteiger partial charge is 0.128 e. The van der Waals surface area contributed by atoms with Gasteiger partial charge in [0.25, 0.3) is 0 Å². The predicted octanol–water partition coefficient (Wildman–Crippen LogP) is 2.22. The molecule has 4 heteroatoms. The third-order valence-electron chi connectivity index (χ3n) is 3.11. The van der Waals surface area contributed by atoms with E-state index >= 15 is 0 Å². The summed E-state index contributed by atoms with van der Waals surface area (Å²) in [5, 5.41) is 9.74. The second-order valence-electron chi connectivity index (χ2n) is 4.27. The van der Waals surface area contributed by atoms with Crippen molar-refractivity contribution >= 4 is 0 Å². The van der Waals surface area contributed by atoms with Crippen molar-refractivity contribution in [2.45, 2.75) is 32.2 Å². The zero-order valence-electron chi connectivity index (χ0n) is 10.6. The molecule has 0 spiro atoms. The molecule has 3 atom stereocenters. The van der Waals surface area contributed by atoms with Gasteiger partial charge in [-0.25, -0.2) is 0 Å². The lowest BCUT2D eigenvalue weighted by Gasteiger charge is -2.15. The van der Waals surface area contributed by atoms with Crippen LogP contribution in [0, 0.1) is 0 Å². The van der Waals surface area contributed by atoms with E-state index in [1.807, 2.05) is 19.1 Å². The number of rotatable bonds is 3. The fourth-order valence-electron chi connectivity index (χ4n) is 2.31. The number of methoxy groups -OCH3 is 2. The summed E-state index contributed by atoms with van der Waals surface area (Å²) >= 11 is 0. The first-order chi connectivity index (χ1) is 8.08. The van der Waals surface area contributed by atoms with Crippen molar-refractivity contribution < 1.29 is 19.3 Å². The molecular formula is C13H18O4. The maximum absolute atomic E-state index is 9.74. The fraction of sp³-hybridized carbons (Fsp3) is 0.538. The van der Waals surface area contributed by atoms with Crippen LogP contribution in [-0.2, 0) is 4.74 Å². The largest absolute Gasteiger partial charge is 0.497 e. The van der Waals surface area contributed by atoms with Crippen molar-refractivity contribution in [2.75, 3.05) is 14.2 Å². The van der Waals surface area contributed by atoms with Gasteiger partial charge in [0.15, 0.2) is 0 Å². The van der Waals surface area contributed by atoms with Gasteiger partial charge < -0.3 is 19.3 Å². The lowest BCUT2D eigenvalue weighted by atomic mass is 9.98. The molecule has 2 rings (SSSR count). The minimum Gasteiger partial charge on any atom is -0.497 e. The molecule has 1 aromatic carbocycles.